The Balaban J connectivity index is 1.57. The smallest absolute Gasteiger partial charge is 0.273 e. The van der Waals surface area contributed by atoms with Crippen molar-refractivity contribution >= 4 is 28.5 Å². The highest BCUT2D eigenvalue weighted by atomic mass is 127. The van der Waals surface area contributed by atoms with E-state index in [1.165, 1.54) is 5.56 Å². The van der Waals surface area contributed by atoms with Gasteiger partial charge in [-0.25, -0.2) is 0 Å². The molecule has 0 unspecified atom stereocenters. The van der Waals surface area contributed by atoms with Crippen molar-refractivity contribution in [3.8, 4) is 0 Å². The SMILES string of the molecule is Cc1nn(C)cc1CN1CCN(C(=O)c2[nH]ncc2I)CC1. The van der Waals surface area contributed by atoms with E-state index in [9.17, 15) is 4.79 Å². The number of nitrogens with zero attached hydrogens (tertiary/aromatic N) is 5. The quantitative estimate of drug-likeness (QED) is 0.762. The molecule has 22 heavy (non-hydrogen) atoms. The van der Waals surface area contributed by atoms with E-state index in [1.807, 2.05) is 23.6 Å². The maximum atomic E-state index is 12.4. The van der Waals surface area contributed by atoms with Crippen molar-refractivity contribution in [2.45, 2.75) is 13.5 Å². The fourth-order valence-electron chi connectivity index (χ4n) is 2.73. The predicted molar refractivity (Wildman–Crippen MR) is 90.4 cm³/mol. The summed E-state index contributed by atoms with van der Waals surface area (Å²) in [5.74, 6) is 0.0408. The summed E-state index contributed by atoms with van der Waals surface area (Å²) < 4.78 is 2.72. The molecule has 1 fully saturated rings. The molecule has 3 rings (SSSR count). The molecular weight excluding hydrogens is 395 g/mol. The summed E-state index contributed by atoms with van der Waals surface area (Å²) in [5.41, 5.74) is 2.93. The normalized spacial score (nSPS) is 16.2. The molecule has 0 aliphatic carbocycles. The molecule has 0 spiro atoms. The van der Waals surface area contributed by atoms with Gasteiger partial charge in [-0.2, -0.15) is 10.2 Å². The van der Waals surface area contributed by atoms with E-state index in [2.05, 4.69) is 49.0 Å². The van der Waals surface area contributed by atoms with Crippen molar-refractivity contribution < 1.29 is 4.79 Å². The summed E-state index contributed by atoms with van der Waals surface area (Å²) in [4.78, 5) is 16.7. The average molecular weight is 414 g/mol. The molecule has 0 bridgehead atoms. The third kappa shape index (κ3) is 3.17. The minimum Gasteiger partial charge on any atom is -0.335 e. The molecule has 3 heterocycles. The summed E-state index contributed by atoms with van der Waals surface area (Å²) in [5, 5.41) is 11.1. The van der Waals surface area contributed by atoms with E-state index < -0.39 is 0 Å². The Hall–Kier alpha value is -1.42. The first-order valence-corrected chi connectivity index (χ1v) is 8.32. The first kappa shape index (κ1) is 15.5. The van der Waals surface area contributed by atoms with Gasteiger partial charge < -0.3 is 4.90 Å². The molecule has 1 N–H and O–H groups in total. The number of nitrogens with one attached hydrogen (secondary N) is 1. The fraction of sp³-hybridized carbons (Fsp3) is 0.500. The van der Waals surface area contributed by atoms with Crippen molar-refractivity contribution in [3.05, 3.63) is 32.9 Å². The molecule has 7 nitrogen and oxygen atoms in total. The Kier molecular flexibility index (Phi) is 4.48. The zero-order valence-electron chi connectivity index (χ0n) is 12.7. The lowest BCUT2D eigenvalue weighted by Gasteiger charge is -2.34. The van der Waals surface area contributed by atoms with Crippen molar-refractivity contribution in [2.75, 3.05) is 26.2 Å². The molecule has 1 saturated heterocycles. The molecule has 1 amide bonds. The minimum atomic E-state index is 0.0408. The van der Waals surface area contributed by atoms with E-state index in [0.717, 1.165) is 42.0 Å². The van der Waals surface area contributed by atoms with E-state index in [-0.39, 0.29) is 5.91 Å². The van der Waals surface area contributed by atoms with Gasteiger partial charge >= 0.3 is 0 Å². The van der Waals surface area contributed by atoms with Gasteiger partial charge in [0.15, 0.2) is 0 Å². The topological polar surface area (TPSA) is 70.1 Å². The third-order valence-electron chi connectivity index (χ3n) is 3.98. The van der Waals surface area contributed by atoms with Crippen molar-refractivity contribution in [2.24, 2.45) is 7.05 Å². The molecule has 1 aliphatic rings. The second kappa shape index (κ2) is 6.37. The van der Waals surface area contributed by atoms with Crippen molar-refractivity contribution in [1.82, 2.24) is 29.8 Å². The number of hydrogen-bond acceptors (Lipinski definition) is 4. The van der Waals surface area contributed by atoms with Gasteiger partial charge in [-0.3, -0.25) is 19.5 Å². The Morgan fingerprint density at radius 1 is 1.36 bits per heavy atom. The minimum absolute atomic E-state index is 0.0408. The maximum Gasteiger partial charge on any atom is 0.273 e. The van der Waals surface area contributed by atoms with Gasteiger partial charge in [0, 0.05) is 51.5 Å². The molecule has 1 aliphatic heterocycles. The highest BCUT2D eigenvalue weighted by Crippen LogP contribution is 2.15. The van der Waals surface area contributed by atoms with Gasteiger partial charge in [-0.15, -0.1) is 0 Å². The first-order valence-electron chi connectivity index (χ1n) is 7.24. The van der Waals surface area contributed by atoms with Gasteiger partial charge in [0.2, 0.25) is 0 Å². The number of H-pyrrole nitrogens is 1. The van der Waals surface area contributed by atoms with Crippen LogP contribution in [-0.4, -0.2) is 61.9 Å². The maximum absolute atomic E-state index is 12.4. The van der Waals surface area contributed by atoms with Crippen LogP contribution < -0.4 is 0 Å². The van der Waals surface area contributed by atoms with Crippen molar-refractivity contribution in [1.29, 1.82) is 0 Å². The number of piperazine rings is 1. The molecule has 0 atom stereocenters. The molecule has 0 aromatic carbocycles. The third-order valence-corrected chi connectivity index (χ3v) is 4.79. The molecule has 0 saturated carbocycles. The first-order chi connectivity index (χ1) is 10.5. The molecule has 2 aromatic rings. The van der Waals surface area contributed by atoms with Crippen LogP contribution in [0.4, 0.5) is 0 Å². The van der Waals surface area contributed by atoms with Crippen LogP contribution in [0.2, 0.25) is 0 Å². The second-order valence-electron chi connectivity index (χ2n) is 5.57. The lowest BCUT2D eigenvalue weighted by molar-refractivity contribution is 0.0621. The summed E-state index contributed by atoms with van der Waals surface area (Å²) in [6.07, 6.45) is 3.75. The molecule has 8 heteroatoms. The van der Waals surface area contributed by atoms with Crippen molar-refractivity contribution in [3.63, 3.8) is 0 Å². The van der Waals surface area contributed by atoms with Gasteiger partial charge in [-0.05, 0) is 29.5 Å². The highest BCUT2D eigenvalue weighted by Gasteiger charge is 2.24. The number of amides is 1. The van der Waals surface area contributed by atoms with Crippen LogP contribution in [0.25, 0.3) is 0 Å². The zero-order valence-corrected chi connectivity index (χ0v) is 14.9. The lowest BCUT2D eigenvalue weighted by atomic mass is 10.2. The fourth-order valence-corrected chi connectivity index (χ4v) is 3.22. The molecule has 118 valence electrons. The standard InChI is InChI=1S/C14H19IN6O/c1-10-11(8-19(2)18-10)9-20-3-5-21(6-4-20)14(22)13-12(15)7-16-17-13/h7-8H,3-6,9H2,1-2H3,(H,16,17). The monoisotopic (exact) mass is 414 g/mol. The number of aromatic nitrogens is 4. The number of hydrogen-bond donors (Lipinski definition) is 1. The summed E-state index contributed by atoms with van der Waals surface area (Å²) in [7, 11) is 1.94. The number of aryl methyl sites for hydroxylation is 2. The number of halogens is 1. The van der Waals surface area contributed by atoms with Crippen LogP contribution in [-0.2, 0) is 13.6 Å². The highest BCUT2D eigenvalue weighted by molar-refractivity contribution is 14.1. The molecule has 0 radical (unpaired) electrons. The van der Waals surface area contributed by atoms with Crippen LogP contribution in [0.15, 0.2) is 12.4 Å². The van der Waals surface area contributed by atoms with Crippen LogP contribution in [0.1, 0.15) is 21.7 Å². The Morgan fingerprint density at radius 2 is 2.09 bits per heavy atom. The van der Waals surface area contributed by atoms with Crippen LogP contribution in [0.3, 0.4) is 0 Å². The zero-order chi connectivity index (χ0) is 15.7. The number of aromatic amines is 1. The average Bonchev–Trinajstić information content (AvgIpc) is 3.05. The lowest BCUT2D eigenvalue weighted by Crippen LogP contribution is -2.48. The van der Waals surface area contributed by atoms with Gasteiger partial charge in [0.25, 0.3) is 5.91 Å². The number of carbonyl (C=O) groups is 1. The van der Waals surface area contributed by atoms with Gasteiger partial charge in [0.1, 0.15) is 5.69 Å². The summed E-state index contributed by atoms with van der Waals surface area (Å²) in [6, 6.07) is 0. The van der Waals surface area contributed by atoms with E-state index in [1.54, 1.807) is 6.20 Å². The second-order valence-corrected chi connectivity index (χ2v) is 6.74. The summed E-state index contributed by atoms with van der Waals surface area (Å²) in [6.45, 7) is 6.18. The number of rotatable bonds is 3. The number of carbonyl (C=O) groups excluding carboxylic acids is 1. The van der Waals surface area contributed by atoms with E-state index in [4.69, 9.17) is 0 Å². The summed E-state index contributed by atoms with van der Waals surface area (Å²) >= 11 is 2.13. The Morgan fingerprint density at radius 3 is 2.64 bits per heavy atom. The van der Waals surface area contributed by atoms with Crippen LogP contribution in [0.5, 0.6) is 0 Å². The van der Waals surface area contributed by atoms with Gasteiger partial charge in [-0.1, -0.05) is 0 Å². The molecular formula is C14H19IN6O. The predicted octanol–water partition coefficient (Wildman–Crippen LogP) is 1.01. The Labute approximate surface area is 142 Å². The van der Waals surface area contributed by atoms with E-state index >= 15 is 0 Å². The van der Waals surface area contributed by atoms with Crippen LogP contribution in [0, 0.1) is 10.5 Å². The molecule has 2 aromatic heterocycles. The van der Waals surface area contributed by atoms with Crippen LogP contribution >= 0.6 is 22.6 Å². The van der Waals surface area contributed by atoms with E-state index in [0.29, 0.717) is 5.69 Å². The largest absolute Gasteiger partial charge is 0.335 e. The van der Waals surface area contributed by atoms with Gasteiger partial charge in [0.05, 0.1) is 15.5 Å². The Bertz CT molecular complexity index is 671.